The van der Waals surface area contributed by atoms with Crippen molar-refractivity contribution in [3.63, 3.8) is 0 Å². The Hall–Kier alpha value is -0.860. The van der Waals surface area contributed by atoms with Gasteiger partial charge in [0, 0.05) is 11.1 Å². The Morgan fingerprint density at radius 1 is 1.11 bits per heavy atom. The van der Waals surface area contributed by atoms with E-state index in [4.69, 9.17) is 0 Å². The molecule has 1 aromatic carbocycles. The molecule has 0 spiro atoms. The molecule has 2 rings (SSSR count). The van der Waals surface area contributed by atoms with Crippen molar-refractivity contribution in [2.75, 3.05) is 0 Å². The van der Waals surface area contributed by atoms with E-state index in [2.05, 4.69) is 43.5 Å². The van der Waals surface area contributed by atoms with Gasteiger partial charge in [0.2, 0.25) is 0 Å². The number of hydrogen-bond acceptors (Lipinski definition) is 2. The van der Waals surface area contributed by atoms with Gasteiger partial charge in [0.25, 0.3) is 0 Å². The fourth-order valence-corrected chi connectivity index (χ4v) is 3.72. The van der Waals surface area contributed by atoms with Crippen LogP contribution in [0.1, 0.15) is 45.1 Å². The monoisotopic (exact) mass is 262 g/mol. The molecule has 0 aliphatic rings. The maximum absolute atomic E-state index is 10.7. The SMILES string of the molecule is CCCC(O)(CCC)Cc1csc2ccccc12. The molecule has 2 heteroatoms. The fourth-order valence-electron chi connectivity index (χ4n) is 2.76. The quantitative estimate of drug-likeness (QED) is 0.794. The first-order chi connectivity index (χ1) is 8.68. The molecule has 1 aromatic heterocycles. The van der Waals surface area contributed by atoms with Gasteiger partial charge in [-0.05, 0) is 35.2 Å². The zero-order chi connectivity index (χ0) is 13.0. The number of benzene rings is 1. The van der Waals surface area contributed by atoms with E-state index in [1.54, 1.807) is 11.3 Å². The van der Waals surface area contributed by atoms with Gasteiger partial charge < -0.3 is 5.11 Å². The molecule has 0 saturated heterocycles. The third kappa shape index (κ3) is 2.93. The molecule has 0 radical (unpaired) electrons. The van der Waals surface area contributed by atoms with E-state index in [0.717, 1.165) is 32.1 Å². The molecule has 1 nitrogen and oxygen atoms in total. The normalized spacial score (nSPS) is 12.2. The Morgan fingerprint density at radius 3 is 2.44 bits per heavy atom. The van der Waals surface area contributed by atoms with Crippen molar-refractivity contribution in [2.45, 2.75) is 51.6 Å². The minimum atomic E-state index is -0.520. The first-order valence-corrected chi connectivity index (χ1v) is 7.74. The van der Waals surface area contributed by atoms with Crippen molar-refractivity contribution in [1.82, 2.24) is 0 Å². The predicted molar refractivity (Wildman–Crippen MR) is 80.3 cm³/mol. The summed E-state index contributed by atoms with van der Waals surface area (Å²) >= 11 is 1.78. The van der Waals surface area contributed by atoms with Gasteiger partial charge in [-0.3, -0.25) is 0 Å². The van der Waals surface area contributed by atoms with Gasteiger partial charge in [-0.1, -0.05) is 44.9 Å². The number of hydrogen-bond donors (Lipinski definition) is 1. The highest BCUT2D eigenvalue weighted by Gasteiger charge is 2.26. The molecule has 98 valence electrons. The van der Waals surface area contributed by atoms with Crippen molar-refractivity contribution in [2.24, 2.45) is 0 Å². The van der Waals surface area contributed by atoms with Crippen molar-refractivity contribution in [3.05, 3.63) is 35.2 Å². The zero-order valence-corrected chi connectivity index (χ0v) is 12.1. The first-order valence-electron chi connectivity index (χ1n) is 6.86. The van der Waals surface area contributed by atoms with E-state index in [9.17, 15) is 5.11 Å². The van der Waals surface area contributed by atoms with Gasteiger partial charge in [0.1, 0.15) is 0 Å². The van der Waals surface area contributed by atoms with E-state index < -0.39 is 5.60 Å². The van der Waals surface area contributed by atoms with Gasteiger partial charge in [-0.25, -0.2) is 0 Å². The molecule has 0 fully saturated rings. The van der Waals surface area contributed by atoms with Crippen molar-refractivity contribution in [1.29, 1.82) is 0 Å². The van der Waals surface area contributed by atoms with Crippen molar-refractivity contribution >= 4 is 21.4 Å². The molecule has 0 bridgehead atoms. The fraction of sp³-hybridized carbons (Fsp3) is 0.500. The minimum absolute atomic E-state index is 0.520. The standard InChI is InChI=1S/C16H22OS/c1-3-9-16(17,10-4-2)11-13-12-18-15-8-6-5-7-14(13)15/h5-8,12,17H,3-4,9-11H2,1-2H3. The average Bonchev–Trinajstić information content (AvgIpc) is 2.73. The Labute approximate surface area is 113 Å². The highest BCUT2D eigenvalue weighted by atomic mass is 32.1. The first kappa shape index (κ1) is 13.6. The molecule has 0 atom stereocenters. The second-order valence-electron chi connectivity index (χ2n) is 5.16. The van der Waals surface area contributed by atoms with Gasteiger partial charge in [0.15, 0.2) is 0 Å². The molecule has 1 heterocycles. The summed E-state index contributed by atoms with van der Waals surface area (Å²) in [5.74, 6) is 0. The maximum Gasteiger partial charge on any atom is 0.0688 e. The molecule has 0 saturated carbocycles. The highest BCUT2D eigenvalue weighted by molar-refractivity contribution is 7.17. The second-order valence-corrected chi connectivity index (χ2v) is 6.07. The predicted octanol–water partition coefficient (Wildman–Crippen LogP) is 4.78. The van der Waals surface area contributed by atoms with Crippen LogP contribution >= 0.6 is 11.3 Å². The van der Waals surface area contributed by atoms with Gasteiger partial charge >= 0.3 is 0 Å². The molecule has 18 heavy (non-hydrogen) atoms. The lowest BCUT2D eigenvalue weighted by atomic mass is 9.86. The van der Waals surface area contributed by atoms with Crippen LogP contribution in [0.15, 0.2) is 29.6 Å². The van der Waals surface area contributed by atoms with E-state index >= 15 is 0 Å². The second kappa shape index (κ2) is 5.85. The van der Waals surface area contributed by atoms with Crippen LogP contribution in [0.3, 0.4) is 0 Å². The third-order valence-corrected chi connectivity index (χ3v) is 4.52. The molecule has 0 aliphatic heterocycles. The van der Waals surface area contributed by atoms with Crippen LogP contribution < -0.4 is 0 Å². The van der Waals surface area contributed by atoms with Crippen LogP contribution in [-0.4, -0.2) is 10.7 Å². The summed E-state index contributed by atoms with van der Waals surface area (Å²) in [4.78, 5) is 0. The Balaban J connectivity index is 2.25. The molecule has 0 unspecified atom stereocenters. The summed E-state index contributed by atoms with van der Waals surface area (Å²) in [5.41, 5.74) is 0.785. The van der Waals surface area contributed by atoms with Crippen LogP contribution in [0, 0.1) is 0 Å². The van der Waals surface area contributed by atoms with Crippen LogP contribution in [0.5, 0.6) is 0 Å². The van der Waals surface area contributed by atoms with E-state index in [1.165, 1.54) is 15.6 Å². The number of fused-ring (bicyclic) bond motifs is 1. The lowest BCUT2D eigenvalue weighted by Gasteiger charge is -2.27. The van der Waals surface area contributed by atoms with Gasteiger partial charge in [0.05, 0.1) is 5.60 Å². The smallest absolute Gasteiger partial charge is 0.0688 e. The number of rotatable bonds is 6. The van der Waals surface area contributed by atoms with Gasteiger partial charge in [-0.15, -0.1) is 11.3 Å². The number of thiophene rings is 1. The molecule has 2 aromatic rings. The van der Waals surface area contributed by atoms with E-state index in [0.29, 0.717) is 0 Å². The summed E-state index contributed by atoms with van der Waals surface area (Å²) in [6, 6.07) is 8.48. The highest BCUT2D eigenvalue weighted by Crippen LogP contribution is 2.31. The van der Waals surface area contributed by atoms with E-state index in [-0.39, 0.29) is 0 Å². The topological polar surface area (TPSA) is 20.2 Å². The van der Waals surface area contributed by atoms with Crippen LogP contribution in [0.2, 0.25) is 0 Å². The summed E-state index contributed by atoms with van der Waals surface area (Å²) < 4.78 is 1.32. The van der Waals surface area contributed by atoms with Crippen LogP contribution in [0.25, 0.3) is 10.1 Å². The number of aliphatic hydroxyl groups is 1. The molecule has 0 amide bonds. The van der Waals surface area contributed by atoms with Crippen molar-refractivity contribution in [3.8, 4) is 0 Å². The lowest BCUT2D eigenvalue weighted by Crippen LogP contribution is -2.30. The minimum Gasteiger partial charge on any atom is -0.390 e. The molecular weight excluding hydrogens is 240 g/mol. The lowest BCUT2D eigenvalue weighted by molar-refractivity contribution is 0.0220. The Morgan fingerprint density at radius 2 is 1.78 bits per heavy atom. The van der Waals surface area contributed by atoms with E-state index in [1.807, 2.05) is 0 Å². The Bertz CT molecular complexity index is 495. The summed E-state index contributed by atoms with van der Waals surface area (Å²) in [6.07, 6.45) is 4.66. The summed E-state index contributed by atoms with van der Waals surface area (Å²) in [7, 11) is 0. The zero-order valence-electron chi connectivity index (χ0n) is 11.3. The largest absolute Gasteiger partial charge is 0.390 e. The van der Waals surface area contributed by atoms with Crippen LogP contribution in [-0.2, 0) is 6.42 Å². The third-order valence-electron chi connectivity index (χ3n) is 3.51. The summed E-state index contributed by atoms with van der Waals surface area (Å²) in [6.45, 7) is 4.29. The summed E-state index contributed by atoms with van der Waals surface area (Å²) in [5, 5.41) is 14.3. The maximum atomic E-state index is 10.7. The van der Waals surface area contributed by atoms with Crippen LogP contribution in [0.4, 0.5) is 0 Å². The Kier molecular flexibility index (Phi) is 4.41. The van der Waals surface area contributed by atoms with Crippen molar-refractivity contribution < 1.29 is 5.11 Å². The molecule has 1 N–H and O–H groups in total. The molecular formula is C16H22OS. The molecule has 0 aliphatic carbocycles. The average molecular weight is 262 g/mol. The van der Waals surface area contributed by atoms with Gasteiger partial charge in [-0.2, -0.15) is 0 Å².